The average Bonchev–Trinajstić information content (AvgIpc) is 2.80. The van der Waals surface area contributed by atoms with E-state index in [9.17, 15) is 9.90 Å². The van der Waals surface area contributed by atoms with Crippen LogP contribution >= 0.6 is 23.2 Å². The van der Waals surface area contributed by atoms with Gasteiger partial charge in [-0.1, -0.05) is 23.2 Å². The van der Waals surface area contributed by atoms with Gasteiger partial charge in [-0.2, -0.15) is 0 Å². The minimum atomic E-state index is -0.418. The van der Waals surface area contributed by atoms with Crippen LogP contribution in [0.2, 0.25) is 10.0 Å². The number of primary amides is 1. The van der Waals surface area contributed by atoms with Gasteiger partial charge in [0, 0.05) is 23.2 Å². The van der Waals surface area contributed by atoms with Crippen molar-refractivity contribution in [1.29, 1.82) is 0 Å². The molecule has 1 aliphatic carbocycles. The van der Waals surface area contributed by atoms with Gasteiger partial charge in [0.1, 0.15) is 0 Å². The number of aliphatic hydroxyl groups excluding tert-OH is 1. The molecule has 0 saturated heterocycles. The van der Waals surface area contributed by atoms with Crippen molar-refractivity contribution in [3.63, 3.8) is 0 Å². The lowest BCUT2D eigenvalue weighted by molar-refractivity contribution is -0.120. The largest absolute Gasteiger partial charge is 0.396 e. The Kier molecular flexibility index (Phi) is 3.40. The fourth-order valence-corrected chi connectivity index (χ4v) is 3.47. The number of aliphatic hydroxyl groups is 1. The predicted molar refractivity (Wildman–Crippen MR) is 79.2 cm³/mol. The lowest BCUT2D eigenvalue weighted by atomic mass is 9.79. The Morgan fingerprint density at radius 2 is 2.20 bits per heavy atom. The summed E-state index contributed by atoms with van der Waals surface area (Å²) in [7, 11) is 0. The smallest absolute Gasteiger partial charge is 0.226 e. The van der Waals surface area contributed by atoms with Crippen molar-refractivity contribution < 1.29 is 9.90 Å². The van der Waals surface area contributed by atoms with Crippen LogP contribution in [0.3, 0.4) is 0 Å². The van der Waals surface area contributed by atoms with Crippen LogP contribution in [-0.2, 0) is 11.2 Å². The van der Waals surface area contributed by atoms with Crippen molar-refractivity contribution in [2.45, 2.75) is 18.8 Å². The van der Waals surface area contributed by atoms with Gasteiger partial charge in [-0.05, 0) is 36.5 Å². The maximum Gasteiger partial charge on any atom is 0.226 e. The van der Waals surface area contributed by atoms with Gasteiger partial charge in [-0.3, -0.25) is 4.79 Å². The molecule has 20 heavy (non-hydrogen) atoms. The fourth-order valence-electron chi connectivity index (χ4n) is 3.04. The first-order valence-electron chi connectivity index (χ1n) is 6.41. The molecule has 1 aliphatic rings. The molecule has 0 spiro atoms. The summed E-state index contributed by atoms with van der Waals surface area (Å²) >= 11 is 12.4. The highest BCUT2D eigenvalue weighted by molar-refractivity contribution is 6.45. The first-order chi connectivity index (χ1) is 9.52. The summed E-state index contributed by atoms with van der Waals surface area (Å²) in [6, 6.07) is 3.56. The predicted octanol–water partition coefficient (Wildman–Crippen LogP) is 2.60. The van der Waals surface area contributed by atoms with Crippen LogP contribution in [0, 0.1) is 5.92 Å². The van der Waals surface area contributed by atoms with Crippen LogP contribution in [0.4, 0.5) is 0 Å². The quantitative estimate of drug-likeness (QED) is 0.797. The number of aromatic amines is 1. The van der Waals surface area contributed by atoms with Crippen LogP contribution in [0.25, 0.3) is 10.9 Å². The topological polar surface area (TPSA) is 79.1 Å². The van der Waals surface area contributed by atoms with Crippen molar-refractivity contribution in [2.24, 2.45) is 11.7 Å². The van der Waals surface area contributed by atoms with E-state index in [1.807, 2.05) is 6.07 Å². The first kappa shape index (κ1) is 13.7. The Morgan fingerprint density at radius 3 is 2.85 bits per heavy atom. The molecule has 1 heterocycles. The van der Waals surface area contributed by atoms with E-state index < -0.39 is 11.8 Å². The molecule has 0 bridgehead atoms. The van der Waals surface area contributed by atoms with Crippen LogP contribution in [-0.4, -0.2) is 22.6 Å². The molecule has 0 radical (unpaired) electrons. The zero-order valence-electron chi connectivity index (χ0n) is 10.6. The lowest BCUT2D eigenvalue weighted by Gasteiger charge is -2.26. The van der Waals surface area contributed by atoms with Crippen LogP contribution in [0.5, 0.6) is 0 Å². The monoisotopic (exact) mass is 312 g/mol. The molecule has 0 fully saturated rings. The number of hydrogen-bond acceptors (Lipinski definition) is 2. The summed E-state index contributed by atoms with van der Waals surface area (Å²) in [6.07, 6.45) is 1.21. The van der Waals surface area contributed by atoms with E-state index in [1.165, 1.54) is 0 Å². The summed E-state index contributed by atoms with van der Waals surface area (Å²) in [4.78, 5) is 14.9. The van der Waals surface area contributed by atoms with Gasteiger partial charge in [0.2, 0.25) is 5.91 Å². The number of carbonyl (C=O) groups is 1. The molecule has 1 aromatic carbocycles. The Labute approximate surface area is 125 Å². The van der Waals surface area contributed by atoms with Crippen LogP contribution in [0.15, 0.2) is 12.1 Å². The molecular formula is C14H14Cl2N2O2. The van der Waals surface area contributed by atoms with Crippen LogP contribution < -0.4 is 5.73 Å². The molecule has 2 atom stereocenters. The van der Waals surface area contributed by atoms with Crippen molar-refractivity contribution in [1.82, 2.24) is 4.98 Å². The molecule has 1 aromatic heterocycles. The molecule has 2 unspecified atom stereocenters. The number of rotatable bonds is 2. The van der Waals surface area contributed by atoms with Crippen LogP contribution in [0.1, 0.15) is 23.6 Å². The molecule has 6 heteroatoms. The third-order valence-corrected chi connectivity index (χ3v) is 4.81. The number of aromatic nitrogens is 1. The maximum atomic E-state index is 11.7. The third kappa shape index (κ3) is 1.99. The Bertz CT molecular complexity index is 696. The van der Waals surface area contributed by atoms with Gasteiger partial charge in [0.05, 0.1) is 16.0 Å². The van der Waals surface area contributed by atoms with Crippen molar-refractivity contribution in [3.8, 4) is 0 Å². The minimum Gasteiger partial charge on any atom is -0.396 e. The van der Waals surface area contributed by atoms with E-state index in [4.69, 9.17) is 28.9 Å². The number of hydrogen-bond donors (Lipinski definition) is 3. The van der Waals surface area contributed by atoms with Gasteiger partial charge < -0.3 is 15.8 Å². The van der Waals surface area contributed by atoms with E-state index in [2.05, 4.69) is 4.98 Å². The summed E-state index contributed by atoms with van der Waals surface area (Å²) in [5, 5.41) is 11.2. The standard InChI is InChI=1S/C14H14Cl2N2O2/c15-9-1-2-10-11(12(9)16)7-3-6(5-19)4-8(14(17)20)13(7)18-10/h1-2,6,8,18-19H,3-5H2,(H2,17,20). The second-order valence-electron chi connectivity index (χ2n) is 5.24. The molecule has 2 aromatic rings. The molecule has 3 rings (SSSR count). The SMILES string of the molecule is NC(=O)C1CC(CO)Cc2c1[nH]c1ccc(Cl)c(Cl)c21. The molecule has 0 aliphatic heterocycles. The molecule has 1 amide bonds. The fraction of sp³-hybridized carbons (Fsp3) is 0.357. The van der Waals surface area contributed by atoms with E-state index in [1.54, 1.807) is 6.07 Å². The number of benzene rings is 1. The first-order valence-corrected chi connectivity index (χ1v) is 7.17. The molecule has 4 nitrogen and oxygen atoms in total. The highest BCUT2D eigenvalue weighted by Crippen LogP contribution is 2.42. The average molecular weight is 313 g/mol. The number of amides is 1. The Balaban J connectivity index is 2.27. The number of nitrogens with two attached hydrogens (primary N) is 1. The van der Waals surface area contributed by atoms with Gasteiger partial charge in [-0.15, -0.1) is 0 Å². The van der Waals surface area contributed by atoms with Crippen molar-refractivity contribution in [2.75, 3.05) is 6.61 Å². The number of carbonyl (C=O) groups excluding carboxylic acids is 1. The second kappa shape index (κ2) is 4.95. The molecule has 106 valence electrons. The number of H-pyrrole nitrogens is 1. The number of fused-ring (bicyclic) bond motifs is 3. The van der Waals surface area contributed by atoms with E-state index in [0.29, 0.717) is 22.9 Å². The van der Waals surface area contributed by atoms with Crippen molar-refractivity contribution >= 4 is 40.0 Å². The second-order valence-corrected chi connectivity index (χ2v) is 6.03. The van der Waals surface area contributed by atoms with Gasteiger partial charge in [-0.25, -0.2) is 0 Å². The highest BCUT2D eigenvalue weighted by atomic mass is 35.5. The number of nitrogens with one attached hydrogen (secondary N) is 1. The van der Waals surface area contributed by atoms with Gasteiger partial charge in [0.25, 0.3) is 0 Å². The third-order valence-electron chi connectivity index (χ3n) is 4.00. The zero-order chi connectivity index (χ0) is 14.4. The summed E-state index contributed by atoms with van der Waals surface area (Å²) in [6.45, 7) is 0.0219. The van der Waals surface area contributed by atoms with E-state index in [-0.39, 0.29) is 12.5 Å². The molecular weight excluding hydrogens is 299 g/mol. The summed E-state index contributed by atoms with van der Waals surface area (Å²) in [5.41, 5.74) is 8.08. The van der Waals surface area contributed by atoms with E-state index >= 15 is 0 Å². The summed E-state index contributed by atoms with van der Waals surface area (Å²) in [5.74, 6) is -0.801. The lowest BCUT2D eigenvalue weighted by Crippen LogP contribution is -2.30. The maximum absolute atomic E-state index is 11.7. The van der Waals surface area contributed by atoms with Crippen molar-refractivity contribution in [3.05, 3.63) is 33.4 Å². The van der Waals surface area contributed by atoms with Gasteiger partial charge in [0.15, 0.2) is 0 Å². The normalized spacial score (nSPS) is 21.9. The molecule has 4 N–H and O–H groups in total. The zero-order valence-corrected chi connectivity index (χ0v) is 12.1. The van der Waals surface area contributed by atoms with Gasteiger partial charge >= 0.3 is 0 Å². The highest BCUT2D eigenvalue weighted by Gasteiger charge is 2.33. The minimum absolute atomic E-state index is 0.00838. The molecule has 0 saturated carbocycles. The Hall–Kier alpha value is -1.23. The Morgan fingerprint density at radius 1 is 1.45 bits per heavy atom. The van der Waals surface area contributed by atoms with E-state index in [0.717, 1.165) is 22.2 Å². The number of halogens is 2. The summed E-state index contributed by atoms with van der Waals surface area (Å²) < 4.78 is 0.